The van der Waals surface area contributed by atoms with Crippen LogP contribution in [0.25, 0.3) is 0 Å². The number of Topliss-reactive ketones (excluding diaryl/α,β-unsaturated/α-hetero) is 1. The third kappa shape index (κ3) is 2.24. The van der Waals surface area contributed by atoms with Gasteiger partial charge < -0.3 is 0 Å². The molecule has 0 N–H and O–H groups in total. The number of benzene rings is 1. The summed E-state index contributed by atoms with van der Waals surface area (Å²) in [6.07, 6.45) is 6.50. The highest BCUT2D eigenvalue weighted by Gasteiger charge is 2.14. The lowest BCUT2D eigenvalue weighted by Crippen LogP contribution is -2.06. The van der Waals surface area contributed by atoms with E-state index in [-0.39, 0.29) is 5.78 Å². The Kier molecular flexibility index (Phi) is 3.23. The van der Waals surface area contributed by atoms with Crippen LogP contribution in [0.4, 0.5) is 0 Å². The van der Waals surface area contributed by atoms with E-state index >= 15 is 0 Å². The maximum atomic E-state index is 12.2. The zero-order chi connectivity index (χ0) is 11.5. The highest BCUT2D eigenvalue weighted by atomic mass is 16.1. The monoisotopic (exact) mass is 214 g/mol. The lowest BCUT2D eigenvalue weighted by atomic mass is 9.92. The van der Waals surface area contributed by atoms with Crippen LogP contribution in [0.2, 0.25) is 0 Å². The SMILES string of the molecule is Cc1ccc(C(=O)C2=CCCCC2)cc1C. The second kappa shape index (κ2) is 4.65. The zero-order valence-electron chi connectivity index (χ0n) is 10.0. The van der Waals surface area contributed by atoms with Gasteiger partial charge in [-0.25, -0.2) is 0 Å². The Hall–Kier alpha value is -1.37. The molecule has 0 heterocycles. The van der Waals surface area contributed by atoms with Gasteiger partial charge in [-0.1, -0.05) is 18.2 Å². The number of carbonyl (C=O) groups is 1. The van der Waals surface area contributed by atoms with Gasteiger partial charge in [0.05, 0.1) is 0 Å². The normalized spacial score (nSPS) is 15.8. The molecule has 1 aliphatic carbocycles. The van der Waals surface area contributed by atoms with E-state index in [1.807, 2.05) is 18.2 Å². The predicted molar refractivity (Wildman–Crippen MR) is 66.8 cm³/mol. The van der Waals surface area contributed by atoms with Gasteiger partial charge in [-0.2, -0.15) is 0 Å². The molecule has 0 saturated heterocycles. The largest absolute Gasteiger partial charge is 0.289 e. The summed E-state index contributed by atoms with van der Waals surface area (Å²) in [5, 5.41) is 0. The van der Waals surface area contributed by atoms with Gasteiger partial charge in [-0.3, -0.25) is 4.79 Å². The third-order valence-electron chi connectivity index (χ3n) is 3.35. The fourth-order valence-electron chi connectivity index (χ4n) is 2.11. The number of ketones is 1. The first kappa shape index (κ1) is 11.1. The van der Waals surface area contributed by atoms with Crippen LogP contribution in [0.1, 0.15) is 47.2 Å². The minimum absolute atomic E-state index is 0.225. The van der Waals surface area contributed by atoms with Crippen molar-refractivity contribution in [2.24, 2.45) is 0 Å². The molecule has 0 fully saturated rings. The fourth-order valence-corrected chi connectivity index (χ4v) is 2.11. The van der Waals surface area contributed by atoms with E-state index < -0.39 is 0 Å². The van der Waals surface area contributed by atoms with Crippen LogP contribution in [0.5, 0.6) is 0 Å². The van der Waals surface area contributed by atoms with Crippen molar-refractivity contribution in [2.45, 2.75) is 39.5 Å². The van der Waals surface area contributed by atoms with Crippen molar-refractivity contribution in [2.75, 3.05) is 0 Å². The standard InChI is InChI=1S/C15H18O/c1-11-8-9-14(10-12(11)2)15(16)13-6-4-3-5-7-13/h6,8-10H,3-5,7H2,1-2H3. The van der Waals surface area contributed by atoms with Gasteiger partial charge in [0.1, 0.15) is 0 Å². The average molecular weight is 214 g/mol. The Labute approximate surface area is 97.2 Å². The maximum Gasteiger partial charge on any atom is 0.188 e. The van der Waals surface area contributed by atoms with E-state index in [2.05, 4.69) is 19.9 Å². The van der Waals surface area contributed by atoms with E-state index in [1.165, 1.54) is 17.5 Å². The molecule has 0 amide bonds. The molecule has 0 radical (unpaired) electrons. The summed E-state index contributed by atoms with van der Waals surface area (Å²) in [6, 6.07) is 5.99. The molecule has 16 heavy (non-hydrogen) atoms. The Morgan fingerprint density at radius 3 is 2.56 bits per heavy atom. The second-order valence-electron chi connectivity index (χ2n) is 4.60. The van der Waals surface area contributed by atoms with Crippen LogP contribution in [-0.4, -0.2) is 5.78 Å². The summed E-state index contributed by atoms with van der Waals surface area (Å²) in [6.45, 7) is 4.13. The van der Waals surface area contributed by atoms with E-state index in [1.54, 1.807) is 0 Å². The summed E-state index contributed by atoms with van der Waals surface area (Å²) in [5.41, 5.74) is 4.29. The van der Waals surface area contributed by atoms with E-state index in [0.717, 1.165) is 30.4 Å². The average Bonchev–Trinajstić information content (AvgIpc) is 2.33. The van der Waals surface area contributed by atoms with E-state index in [0.29, 0.717) is 0 Å². The Morgan fingerprint density at radius 2 is 1.94 bits per heavy atom. The molecule has 0 spiro atoms. The minimum Gasteiger partial charge on any atom is -0.289 e. The number of hydrogen-bond acceptors (Lipinski definition) is 1. The van der Waals surface area contributed by atoms with E-state index in [4.69, 9.17) is 0 Å². The first-order valence-electron chi connectivity index (χ1n) is 5.99. The van der Waals surface area contributed by atoms with Crippen molar-refractivity contribution in [3.8, 4) is 0 Å². The molecule has 0 aromatic heterocycles. The molecule has 2 rings (SSSR count). The van der Waals surface area contributed by atoms with Crippen LogP contribution in [-0.2, 0) is 0 Å². The zero-order valence-corrected chi connectivity index (χ0v) is 10.0. The maximum absolute atomic E-state index is 12.2. The molecule has 0 atom stereocenters. The molecule has 1 aromatic rings. The topological polar surface area (TPSA) is 17.1 Å². The molecule has 0 bridgehead atoms. The summed E-state index contributed by atoms with van der Waals surface area (Å²) in [7, 11) is 0. The number of rotatable bonds is 2. The summed E-state index contributed by atoms with van der Waals surface area (Å²) >= 11 is 0. The minimum atomic E-state index is 0.225. The number of allylic oxidation sites excluding steroid dienone is 2. The highest BCUT2D eigenvalue weighted by Crippen LogP contribution is 2.22. The van der Waals surface area contributed by atoms with Gasteiger partial charge in [0.15, 0.2) is 5.78 Å². The van der Waals surface area contributed by atoms with Gasteiger partial charge in [0.25, 0.3) is 0 Å². The number of carbonyl (C=O) groups excluding carboxylic acids is 1. The lowest BCUT2D eigenvalue weighted by Gasteiger charge is -2.12. The first-order valence-corrected chi connectivity index (χ1v) is 5.99. The molecule has 1 aliphatic rings. The van der Waals surface area contributed by atoms with Crippen LogP contribution in [0.3, 0.4) is 0 Å². The van der Waals surface area contributed by atoms with Gasteiger partial charge in [0, 0.05) is 5.56 Å². The smallest absolute Gasteiger partial charge is 0.188 e. The van der Waals surface area contributed by atoms with E-state index in [9.17, 15) is 4.79 Å². The number of aryl methyl sites for hydroxylation is 2. The van der Waals surface area contributed by atoms with Gasteiger partial charge in [-0.15, -0.1) is 0 Å². The number of hydrogen-bond donors (Lipinski definition) is 0. The van der Waals surface area contributed by atoms with Crippen molar-refractivity contribution in [1.82, 2.24) is 0 Å². The third-order valence-corrected chi connectivity index (χ3v) is 3.35. The molecule has 0 saturated carbocycles. The van der Waals surface area contributed by atoms with Crippen molar-refractivity contribution >= 4 is 5.78 Å². The quantitative estimate of drug-likeness (QED) is 0.680. The van der Waals surface area contributed by atoms with Gasteiger partial charge >= 0.3 is 0 Å². The molecule has 0 unspecified atom stereocenters. The Balaban J connectivity index is 2.26. The molecule has 84 valence electrons. The summed E-state index contributed by atoms with van der Waals surface area (Å²) in [4.78, 5) is 12.2. The Bertz CT molecular complexity index is 441. The van der Waals surface area contributed by atoms with Crippen LogP contribution in [0, 0.1) is 13.8 Å². The second-order valence-corrected chi connectivity index (χ2v) is 4.60. The van der Waals surface area contributed by atoms with Crippen LogP contribution >= 0.6 is 0 Å². The Morgan fingerprint density at radius 1 is 1.12 bits per heavy atom. The van der Waals surface area contributed by atoms with Crippen molar-refractivity contribution < 1.29 is 4.79 Å². The molecule has 1 nitrogen and oxygen atoms in total. The van der Waals surface area contributed by atoms with Crippen LogP contribution < -0.4 is 0 Å². The van der Waals surface area contributed by atoms with Crippen LogP contribution in [0.15, 0.2) is 29.8 Å². The molecular weight excluding hydrogens is 196 g/mol. The summed E-state index contributed by atoms with van der Waals surface area (Å²) < 4.78 is 0. The van der Waals surface area contributed by atoms with Gasteiger partial charge in [0.2, 0.25) is 0 Å². The van der Waals surface area contributed by atoms with Crippen molar-refractivity contribution in [3.05, 3.63) is 46.5 Å². The first-order chi connectivity index (χ1) is 7.68. The fraction of sp³-hybridized carbons (Fsp3) is 0.400. The van der Waals surface area contributed by atoms with Crippen molar-refractivity contribution in [1.29, 1.82) is 0 Å². The molecule has 1 heteroatoms. The summed E-state index contributed by atoms with van der Waals surface area (Å²) in [5.74, 6) is 0.225. The predicted octanol–water partition coefficient (Wildman–Crippen LogP) is 3.99. The molecule has 1 aromatic carbocycles. The highest BCUT2D eigenvalue weighted by molar-refractivity contribution is 6.08. The lowest BCUT2D eigenvalue weighted by molar-refractivity contribution is 0.102. The van der Waals surface area contributed by atoms with Crippen molar-refractivity contribution in [3.63, 3.8) is 0 Å². The van der Waals surface area contributed by atoms with Gasteiger partial charge in [-0.05, 0) is 62.3 Å². The molecular formula is C15H18O. The molecule has 0 aliphatic heterocycles.